The molecule has 1 aliphatic rings. The topological polar surface area (TPSA) is 61.0 Å². The fourth-order valence-electron chi connectivity index (χ4n) is 3.53. The molecule has 1 atom stereocenters. The highest BCUT2D eigenvalue weighted by Crippen LogP contribution is 2.24. The lowest BCUT2D eigenvalue weighted by Gasteiger charge is -2.33. The van der Waals surface area contributed by atoms with Gasteiger partial charge in [-0.3, -0.25) is 9.89 Å². The molecule has 2 N–H and O–H groups in total. The number of hydrogen-bond donors (Lipinski definition) is 2. The SMILES string of the molecule is Cc1ccc(C(=O)N[C@H]2CCCN(c3cc(-c4ccc(F)cc4)[nH]n3)C2)cc1. The van der Waals surface area contributed by atoms with Crippen LogP contribution in [-0.4, -0.2) is 35.2 Å². The summed E-state index contributed by atoms with van der Waals surface area (Å²) in [5.74, 6) is 0.543. The summed E-state index contributed by atoms with van der Waals surface area (Å²) in [5, 5.41) is 10.6. The van der Waals surface area contributed by atoms with E-state index in [4.69, 9.17) is 0 Å². The number of halogens is 1. The molecule has 0 saturated carbocycles. The molecule has 0 spiro atoms. The Labute approximate surface area is 163 Å². The number of nitrogens with one attached hydrogen (secondary N) is 2. The molecule has 3 aromatic rings. The number of aryl methyl sites for hydroxylation is 1. The maximum Gasteiger partial charge on any atom is 0.251 e. The number of carbonyl (C=O) groups is 1. The van der Waals surface area contributed by atoms with Crippen molar-refractivity contribution in [3.05, 3.63) is 71.5 Å². The molecule has 1 aromatic heterocycles. The van der Waals surface area contributed by atoms with E-state index in [-0.39, 0.29) is 17.8 Å². The maximum absolute atomic E-state index is 13.1. The zero-order chi connectivity index (χ0) is 19.5. The molecule has 4 rings (SSSR count). The zero-order valence-corrected chi connectivity index (χ0v) is 15.8. The molecule has 0 bridgehead atoms. The summed E-state index contributed by atoms with van der Waals surface area (Å²) in [7, 11) is 0. The van der Waals surface area contributed by atoms with Gasteiger partial charge in [-0.1, -0.05) is 17.7 Å². The first-order valence-corrected chi connectivity index (χ1v) is 9.52. The van der Waals surface area contributed by atoms with Gasteiger partial charge in [-0.25, -0.2) is 4.39 Å². The van der Waals surface area contributed by atoms with Gasteiger partial charge in [-0.05, 0) is 61.7 Å². The van der Waals surface area contributed by atoms with Gasteiger partial charge in [-0.15, -0.1) is 0 Å². The largest absolute Gasteiger partial charge is 0.353 e. The molecule has 6 heteroatoms. The minimum absolute atomic E-state index is 0.0409. The number of piperidine rings is 1. The van der Waals surface area contributed by atoms with Crippen LogP contribution >= 0.6 is 0 Å². The lowest BCUT2D eigenvalue weighted by molar-refractivity contribution is 0.0933. The van der Waals surface area contributed by atoms with Gasteiger partial charge in [0, 0.05) is 30.8 Å². The average molecular weight is 378 g/mol. The van der Waals surface area contributed by atoms with Gasteiger partial charge in [0.05, 0.1) is 5.69 Å². The number of aromatic amines is 1. The Morgan fingerprint density at radius 1 is 1.18 bits per heavy atom. The van der Waals surface area contributed by atoms with Crippen LogP contribution in [0.5, 0.6) is 0 Å². The minimum Gasteiger partial charge on any atom is -0.353 e. The number of aromatic nitrogens is 2. The van der Waals surface area contributed by atoms with E-state index in [1.807, 2.05) is 37.3 Å². The lowest BCUT2D eigenvalue weighted by Crippen LogP contribution is -2.48. The van der Waals surface area contributed by atoms with Gasteiger partial charge in [0.1, 0.15) is 5.82 Å². The van der Waals surface area contributed by atoms with E-state index in [0.29, 0.717) is 12.1 Å². The number of nitrogens with zero attached hydrogens (tertiary/aromatic N) is 2. The first kappa shape index (κ1) is 18.2. The van der Waals surface area contributed by atoms with E-state index in [1.54, 1.807) is 12.1 Å². The van der Waals surface area contributed by atoms with Gasteiger partial charge in [0.25, 0.3) is 5.91 Å². The van der Waals surface area contributed by atoms with Crippen LogP contribution in [0.1, 0.15) is 28.8 Å². The molecule has 0 aliphatic carbocycles. The second-order valence-electron chi connectivity index (χ2n) is 7.27. The Kier molecular flexibility index (Phi) is 5.10. The van der Waals surface area contributed by atoms with Crippen LogP contribution in [0.3, 0.4) is 0 Å². The molecular weight excluding hydrogens is 355 g/mol. The van der Waals surface area contributed by atoms with E-state index in [1.165, 1.54) is 12.1 Å². The number of anilines is 1. The molecule has 0 radical (unpaired) electrons. The van der Waals surface area contributed by atoms with Crippen molar-refractivity contribution in [2.24, 2.45) is 0 Å². The fraction of sp³-hybridized carbons (Fsp3) is 0.273. The van der Waals surface area contributed by atoms with Crippen LogP contribution in [0.15, 0.2) is 54.6 Å². The molecular formula is C22H23FN4O. The van der Waals surface area contributed by atoms with Crippen molar-refractivity contribution in [1.82, 2.24) is 15.5 Å². The summed E-state index contributed by atoms with van der Waals surface area (Å²) in [4.78, 5) is 14.7. The van der Waals surface area contributed by atoms with Crippen molar-refractivity contribution in [2.75, 3.05) is 18.0 Å². The van der Waals surface area contributed by atoms with Crippen molar-refractivity contribution in [3.63, 3.8) is 0 Å². The highest BCUT2D eigenvalue weighted by Gasteiger charge is 2.23. The Bertz CT molecular complexity index is 949. The number of carbonyl (C=O) groups excluding carboxylic acids is 1. The van der Waals surface area contributed by atoms with Crippen molar-refractivity contribution in [1.29, 1.82) is 0 Å². The first-order valence-electron chi connectivity index (χ1n) is 9.52. The summed E-state index contributed by atoms with van der Waals surface area (Å²) in [6.07, 6.45) is 1.93. The van der Waals surface area contributed by atoms with Crippen molar-refractivity contribution < 1.29 is 9.18 Å². The third-order valence-corrected chi connectivity index (χ3v) is 5.11. The smallest absolute Gasteiger partial charge is 0.251 e. The van der Waals surface area contributed by atoms with E-state index in [9.17, 15) is 9.18 Å². The summed E-state index contributed by atoms with van der Waals surface area (Å²) in [6, 6.07) is 16.0. The minimum atomic E-state index is -0.258. The first-order chi connectivity index (χ1) is 13.6. The molecule has 1 amide bonds. The molecule has 1 saturated heterocycles. The van der Waals surface area contributed by atoms with Crippen molar-refractivity contribution in [2.45, 2.75) is 25.8 Å². The Morgan fingerprint density at radius 2 is 1.93 bits per heavy atom. The summed E-state index contributed by atoms with van der Waals surface area (Å²) in [5.41, 5.74) is 3.55. The number of H-pyrrole nitrogens is 1. The Hall–Kier alpha value is -3.15. The molecule has 2 aromatic carbocycles. The highest BCUT2D eigenvalue weighted by molar-refractivity contribution is 5.94. The third kappa shape index (κ3) is 4.06. The highest BCUT2D eigenvalue weighted by atomic mass is 19.1. The summed E-state index contributed by atoms with van der Waals surface area (Å²) < 4.78 is 13.1. The second kappa shape index (κ2) is 7.84. The van der Waals surface area contributed by atoms with Gasteiger partial charge >= 0.3 is 0 Å². The lowest BCUT2D eigenvalue weighted by atomic mass is 10.0. The van der Waals surface area contributed by atoms with Crippen LogP contribution in [0, 0.1) is 12.7 Å². The monoisotopic (exact) mass is 378 g/mol. The molecule has 0 unspecified atom stereocenters. The summed E-state index contributed by atoms with van der Waals surface area (Å²) >= 11 is 0. The molecule has 2 heterocycles. The van der Waals surface area contributed by atoms with Crippen LogP contribution in [0.4, 0.5) is 10.2 Å². The predicted molar refractivity (Wildman–Crippen MR) is 108 cm³/mol. The van der Waals surface area contributed by atoms with Gasteiger partial charge in [-0.2, -0.15) is 5.10 Å². The van der Waals surface area contributed by atoms with Crippen molar-refractivity contribution in [3.8, 4) is 11.3 Å². The van der Waals surface area contributed by atoms with Crippen LogP contribution in [-0.2, 0) is 0 Å². The molecule has 1 aliphatic heterocycles. The second-order valence-corrected chi connectivity index (χ2v) is 7.27. The summed E-state index contributed by atoms with van der Waals surface area (Å²) in [6.45, 7) is 3.61. The fourth-order valence-corrected chi connectivity index (χ4v) is 3.53. The number of amides is 1. The van der Waals surface area contributed by atoms with E-state index < -0.39 is 0 Å². The van der Waals surface area contributed by atoms with E-state index in [2.05, 4.69) is 20.4 Å². The van der Waals surface area contributed by atoms with Crippen molar-refractivity contribution >= 4 is 11.7 Å². The standard InChI is InChI=1S/C22H23FN4O/c1-15-4-6-17(7-5-15)22(28)24-19-3-2-12-27(14-19)21-13-20(25-26-21)16-8-10-18(23)11-9-16/h4-11,13,19H,2-3,12,14H2,1H3,(H,24,28)(H,25,26)/t19-/m0/s1. The Balaban J connectivity index is 1.42. The number of benzene rings is 2. The molecule has 28 heavy (non-hydrogen) atoms. The van der Waals surface area contributed by atoms with Gasteiger partial charge in [0.15, 0.2) is 5.82 Å². The van der Waals surface area contributed by atoms with E-state index in [0.717, 1.165) is 42.0 Å². The molecule has 144 valence electrons. The maximum atomic E-state index is 13.1. The van der Waals surface area contributed by atoms with Crippen LogP contribution in [0.25, 0.3) is 11.3 Å². The van der Waals surface area contributed by atoms with E-state index >= 15 is 0 Å². The normalized spacial score (nSPS) is 16.8. The van der Waals surface area contributed by atoms with Gasteiger partial charge < -0.3 is 10.2 Å². The zero-order valence-electron chi connectivity index (χ0n) is 15.8. The number of hydrogen-bond acceptors (Lipinski definition) is 3. The van der Waals surface area contributed by atoms with Crippen LogP contribution < -0.4 is 10.2 Å². The Morgan fingerprint density at radius 3 is 2.68 bits per heavy atom. The average Bonchev–Trinajstić information content (AvgIpc) is 3.19. The molecule has 1 fully saturated rings. The van der Waals surface area contributed by atoms with Gasteiger partial charge in [0.2, 0.25) is 0 Å². The molecule has 5 nitrogen and oxygen atoms in total. The number of rotatable bonds is 4. The van der Waals surface area contributed by atoms with Crippen LogP contribution in [0.2, 0.25) is 0 Å². The predicted octanol–water partition coefficient (Wildman–Crippen LogP) is 3.92. The third-order valence-electron chi connectivity index (χ3n) is 5.11. The quantitative estimate of drug-likeness (QED) is 0.723.